The molecule has 0 radical (unpaired) electrons. The third kappa shape index (κ3) is 2.70. The zero-order chi connectivity index (χ0) is 10.8. The normalized spacial score (nSPS) is 19.2. The molecular weight excluding hydrogens is 204 g/mol. The van der Waals surface area contributed by atoms with Crippen molar-refractivity contribution in [1.82, 2.24) is 0 Å². The molecule has 0 aliphatic heterocycles. The molecule has 14 heavy (non-hydrogen) atoms. The van der Waals surface area contributed by atoms with E-state index in [0.29, 0.717) is 19.3 Å². The minimum atomic E-state index is -3.02. The molecule has 0 heterocycles. The summed E-state index contributed by atoms with van der Waals surface area (Å²) in [6.07, 6.45) is 2.14. The van der Waals surface area contributed by atoms with Crippen molar-refractivity contribution in [2.45, 2.75) is 32.6 Å². The molecule has 1 rings (SSSR count). The summed E-state index contributed by atoms with van der Waals surface area (Å²) < 4.78 is 22.7. The summed E-state index contributed by atoms with van der Waals surface area (Å²) in [5, 5.41) is 8.84. The van der Waals surface area contributed by atoms with E-state index in [1.165, 1.54) is 0 Å². The van der Waals surface area contributed by atoms with E-state index in [1.54, 1.807) is 0 Å². The summed E-state index contributed by atoms with van der Waals surface area (Å²) in [6.45, 7) is 1.81. The molecule has 4 nitrogen and oxygen atoms in total. The number of rotatable bonds is 6. The molecule has 1 fully saturated rings. The van der Waals surface area contributed by atoms with E-state index < -0.39 is 21.2 Å². The van der Waals surface area contributed by atoms with Gasteiger partial charge in [-0.1, -0.05) is 6.92 Å². The van der Waals surface area contributed by atoms with Crippen molar-refractivity contribution in [3.63, 3.8) is 0 Å². The molecule has 5 heteroatoms. The highest BCUT2D eigenvalue weighted by molar-refractivity contribution is 7.91. The van der Waals surface area contributed by atoms with E-state index in [0.717, 1.165) is 0 Å². The first-order valence-corrected chi connectivity index (χ1v) is 6.68. The first-order valence-electron chi connectivity index (χ1n) is 4.86. The van der Waals surface area contributed by atoms with Crippen LogP contribution in [-0.2, 0) is 14.6 Å². The van der Waals surface area contributed by atoms with Crippen molar-refractivity contribution < 1.29 is 18.3 Å². The molecule has 1 aliphatic rings. The summed E-state index contributed by atoms with van der Waals surface area (Å²) >= 11 is 0. The summed E-state index contributed by atoms with van der Waals surface area (Å²) in [4.78, 5) is 10.8. The van der Waals surface area contributed by atoms with Gasteiger partial charge >= 0.3 is 5.97 Å². The van der Waals surface area contributed by atoms with Gasteiger partial charge in [-0.25, -0.2) is 8.42 Å². The zero-order valence-electron chi connectivity index (χ0n) is 8.32. The van der Waals surface area contributed by atoms with E-state index in [2.05, 4.69) is 0 Å². The zero-order valence-corrected chi connectivity index (χ0v) is 9.14. The van der Waals surface area contributed by atoms with Crippen LogP contribution >= 0.6 is 0 Å². The lowest BCUT2D eigenvalue weighted by Crippen LogP contribution is -2.20. The number of aliphatic carboxylic acids is 1. The van der Waals surface area contributed by atoms with Crippen LogP contribution < -0.4 is 0 Å². The Morgan fingerprint density at radius 1 is 1.36 bits per heavy atom. The Morgan fingerprint density at radius 3 is 2.29 bits per heavy atom. The van der Waals surface area contributed by atoms with Crippen LogP contribution in [-0.4, -0.2) is 31.0 Å². The molecule has 82 valence electrons. The van der Waals surface area contributed by atoms with Gasteiger partial charge in [0.05, 0.1) is 11.2 Å². The van der Waals surface area contributed by atoms with Gasteiger partial charge in [0.25, 0.3) is 0 Å². The fourth-order valence-corrected chi connectivity index (χ4v) is 3.01. The number of carbonyl (C=O) groups is 1. The fraction of sp³-hybridized carbons (Fsp3) is 0.889. The van der Waals surface area contributed by atoms with Gasteiger partial charge in [-0.2, -0.15) is 0 Å². The fourth-order valence-electron chi connectivity index (χ4n) is 1.49. The summed E-state index contributed by atoms with van der Waals surface area (Å²) in [5.74, 6) is -0.653. The predicted octanol–water partition coefficient (Wildman–Crippen LogP) is 1.07. The SMILES string of the molecule is CCCS(=O)(=O)CCC1(C(=O)O)CC1. The highest BCUT2D eigenvalue weighted by atomic mass is 32.2. The standard InChI is InChI=1S/C9H16O4S/c1-2-6-14(12,13)7-5-9(3-4-9)8(10)11/h2-7H2,1H3,(H,10,11). The van der Waals surface area contributed by atoms with Crippen LogP contribution in [0, 0.1) is 5.41 Å². The summed E-state index contributed by atoms with van der Waals surface area (Å²) in [7, 11) is -3.02. The summed E-state index contributed by atoms with van der Waals surface area (Å²) in [6, 6.07) is 0. The molecule has 0 aromatic heterocycles. The minimum Gasteiger partial charge on any atom is -0.481 e. The number of sulfone groups is 1. The molecule has 0 amide bonds. The second-order valence-electron chi connectivity index (χ2n) is 3.99. The average Bonchev–Trinajstić information content (AvgIpc) is 2.81. The third-order valence-electron chi connectivity index (χ3n) is 2.71. The Morgan fingerprint density at radius 2 is 1.93 bits per heavy atom. The van der Waals surface area contributed by atoms with Crippen molar-refractivity contribution in [3.8, 4) is 0 Å². The highest BCUT2D eigenvalue weighted by Crippen LogP contribution is 2.49. The third-order valence-corrected chi connectivity index (χ3v) is 4.57. The second-order valence-corrected chi connectivity index (χ2v) is 6.29. The van der Waals surface area contributed by atoms with Crippen LogP contribution in [0.15, 0.2) is 0 Å². The maximum Gasteiger partial charge on any atom is 0.309 e. The molecule has 0 aromatic carbocycles. The van der Waals surface area contributed by atoms with Gasteiger partial charge in [0.1, 0.15) is 9.84 Å². The van der Waals surface area contributed by atoms with E-state index in [9.17, 15) is 13.2 Å². The van der Waals surface area contributed by atoms with Crippen molar-refractivity contribution in [2.75, 3.05) is 11.5 Å². The number of hydrogen-bond acceptors (Lipinski definition) is 3. The molecule has 0 saturated heterocycles. The molecular formula is C9H16O4S. The van der Waals surface area contributed by atoms with Crippen LogP contribution in [0.3, 0.4) is 0 Å². The van der Waals surface area contributed by atoms with Crippen LogP contribution in [0.25, 0.3) is 0 Å². The quantitative estimate of drug-likeness (QED) is 0.726. The van der Waals surface area contributed by atoms with E-state index in [4.69, 9.17) is 5.11 Å². The smallest absolute Gasteiger partial charge is 0.309 e. The Bertz CT molecular complexity index is 314. The Labute approximate surface area is 84.2 Å². The van der Waals surface area contributed by atoms with Gasteiger partial charge in [0.15, 0.2) is 0 Å². The van der Waals surface area contributed by atoms with Crippen LogP contribution in [0.4, 0.5) is 0 Å². The molecule has 0 bridgehead atoms. The van der Waals surface area contributed by atoms with Gasteiger partial charge in [-0.05, 0) is 25.7 Å². The van der Waals surface area contributed by atoms with E-state index in [1.807, 2.05) is 6.92 Å². The predicted molar refractivity (Wildman–Crippen MR) is 52.9 cm³/mol. The maximum atomic E-state index is 11.3. The first kappa shape index (κ1) is 11.5. The maximum absolute atomic E-state index is 11.3. The average molecular weight is 220 g/mol. The summed E-state index contributed by atoms with van der Waals surface area (Å²) in [5.41, 5.74) is -0.708. The van der Waals surface area contributed by atoms with Gasteiger partial charge in [0, 0.05) is 5.75 Å². The van der Waals surface area contributed by atoms with Crippen molar-refractivity contribution in [2.24, 2.45) is 5.41 Å². The first-order chi connectivity index (χ1) is 6.42. The number of carboxylic acids is 1. The lowest BCUT2D eigenvalue weighted by atomic mass is 10.1. The van der Waals surface area contributed by atoms with E-state index in [-0.39, 0.29) is 17.9 Å². The molecule has 0 unspecified atom stereocenters. The van der Waals surface area contributed by atoms with Crippen LogP contribution in [0.2, 0.25) is 0 Å². The molecule has 0 atom stereocenters. The van der Waals surface area contributed by atoms with Crippen molar-refractivity contribution in [3.05, 3.63) is 0 Å². The van der Waals surface area contributed by atoms with Crippen molar-refractivity contribution >= 4 is 15.8 Å². The van der Waals surface area contributed by atoms with E-state index >= 15 is 0 Å². The molecule has 0 aromatic rings. The Kier molecular flexibility index (Phi) is 3.19. The van der Waals surface area contributed by atoms with Crippen LogP contribution in [0.1, 0.15) is 32.6 Å². The molecule has 1 N–H and O–H groups in total. The lowest BCUT2D eigenvalue weighted by molar-refractivity contribution is -0.143. The second kappa shape index (κ2) is 3.88. The highest BCUT2D eigenvalue weighted by Gasteiger charge is 2.50. The Balaban J connectivity index is 2.45. The van der Waals surface area contributed by atoms with Crippen molar-refractivity contribution in [1.29, 1.82) is 0 Å². The van der Waals surface area contributed by atoms with Gasteiger partial charge in [0.2, 0.25) is 0 Å². The monoisotopic (exact) mass is 220 g/mol. The lowest BCUT2D eigenvalue weighted by Gasteiger charge is -2.08. The van der Waals surface area contributed by atoms with Gasteiger partial charge in [-0.15, -0.1) is 0 Å². The van der Waals surface area contributed by atoms with Gasteiger partial charge in [-0.3, -0.25) is 4.79 Å². The minimum absolute atomic E-state index is 0.0210. The number of carboxylic acid groups (broad SMARTS) is 1. The topological polar surface area (TPSA) is 71.4 Å². The van der Waals surface area contributed by atoms with Crippen LogP contribution in [0.5, 0.6) is 0 Å². The molecule has 0 spiro atoms. The Hall–Kier alpha value is -0.580. The van der Waals surface area contributed by atoms with Gasteiger partial charge < -0.3 is 5.11 Å². The number of hydrogen-bond donors (Lipinski definition) is 1. The molecule has 1 saturated carbocycles. The molecule has 1 aliphatic carbocycles. The largest absolute Gasteiger partial charge is 0.481 e.